The van der Waals surface area contributed by atoms with Gasteiger partial charge in [-0.05, 0) is 57.7 Å². The zero-order valence-electron chi connectivity index (χ0n) is 11.6. The summed E-state index contributed by atoms with van der Waals surface area (Å²) >= 11 is 6.23. The highest BCUT2D eigenvalue weighted by molar-refractivity contribution is 6.31. The summed E-state index contributed by atoms with van der Waals surface area (Å²) in [5, 5.41) is 0.470. The van der Waals surface area contributed by atoms with Crippen LogP contribution < -0.4 is 4.74 Å². The fourth-order valence-electron chi connectivity index (χ4n) is 2.93. The maximum Gasteiger partial charge on any atom is 0.132 e. The summed E-state index contributed by atoms with van der Waals surface area (Å²) < 4.78 is 19.9. The summed E-state index contributed by atoms with van der Waals surface area (Å²) in [7, 11) is 0. The van der Waals surface area contributed by atoms with Crippen LogP contribution in [0.1, 0.15) is 31.2 Å². The molecule has 1 saturated heterocycles. The second-order valence-corrected chi connectivity index (χ2v) is 6.33. The quantitative estimate of drug-likeness (QED) is 0.830. The fraction of sp³-hybridized carbons (Fsp3) is 0.562. The average molecular weight is 297 g/mol. The van der Waals surface area contributed by atoms with Gasteiger partial charge in [-0.3, -0.25) is 4.90 Å². The topological polar surface area (TPSA) is 12.5 Å². The Morgan fingerprint density at radius 2 is 2.00 bits per heavy atom. The van der Waals surface area contributed by atoms with Gasteiger partial charge in [-0.1, -0.05) is 11.6 Å². The highest BCUT2D eigenvalue weighted by Gasteiger charge is 2.27. The summed E-state index contributed by atoms with van der Waals surface area (Å²) in [5.74, 6) is 0.745. The van der Waals surface area contributed by atoms with E-state index in [0.717, 1.165) is 25.9 Å². The molecule has 3 rings (SSSR count). The van der Waals surface area contributed by atoms with Gasteiger partial charge in [0, 0.05) is 18.2 Å². The second-order valence-electron chi connectivity index (χ2n) is 5.93. The lowest BCUT2D eigenvalue weighted by atomic mass is 9.84. The van der Waals surface area contributed by atoms with E-state index in [1.165, 1.54) is 18.9 Å². The van der Waals surface area contributed by atoms with Crippen molar-refractivity contribution in [3.8, 4) is 5.75 Å². The minimum Gasteiger partial charge on any atom is -0.490 e. The molecule has 0 amide bonds. The SMILES string of the molecule is [CH2][C@H]1C[C@H](Oc2cc(F)c(CN3CCCC3)c(Cl)c2)C1. The lowest BCUT2D eigenvalue weighted by Gasteiger charge is -2.32. The van der Waals surface area contributed by atoms with Crippen molar-refractivity contribution in [1.29, 1.82) is 0 Å². The monoisotopic (exact) mass is 296 g/mol. The third-order valence-corrected chi connectivity index (χ3v) is 4.53. The Kier molecular flexibility index (Phi) is 4.18. The molecule has 0 spiro atoms. The maximum absolute atomic E-state index is 14.2. The van der Waals surface area contributed by atoms with Crippen molar-refractivity contribution in [2.45, 2.75) is 38.3 Å². The van der Waals surface area contributed by atoms with Gasteiger partial charge in [-0.2, -0.15) is 0 Å². The minimum absolute atomic E-state index is 0.164. The van der Waals surface area contributed by atoms with E-state index in [0.29, 0.717) is 28.8 Å². The molecule has 1 aromatic carbocycles. The first-order chi connectivity index (χ1) is 9.61. The van der Waals surface area contributed by atoms with E-state index >= 15 is 0 Å². The first-order valence-electron chi connectivity index (χ1n) is 7.32. The smallest absolute Gasteiger partial charge is 0.132 e. The van der Waals surface area contributed by atoms with E-state index in [1.807, 2.05) is 0 Å². The molecule has 4 heteroatoms. The third-order valence-electron chi connectivity index (χ3n) is 4.19. The zero-order chi connectivity index (χ0) is 14.1. The Balaban J connectivity index is 1.69. The average Bonchev–Trinajstić information content (AvgIpc) is 2.85. The fourth-order valence-corrected chi connectivity index (χ4v) is 3.18. The van der Waals surface area contributed by atoms with Crippen LogP contribution in [0.15, 0.2) is 12.1 Å². The molecule has 0 aromatic heterocycles. The van der Waals surface area contributed by atoms with E-state index in [9.17, 15) is 4.39 Å². The number of likely N-dealkylation sites (tertiary alicyclic amines) is 1. The molecule has 1 aliphatic carbocycles. The Morgan fingerprint density at radius 3 is 2.60 bits per heavy atom. The van der Waals surface area contributed by atoms with Crippen molar-refractivity contribution in [3.05, 3.63) is 35.5 Å². The molecular formula is C16H20ClFNO. The molecule has 20 heavy (non-hydrogen) atoms. The van der Waals surface area contributed by atoms with E-state index in [-0.39, 0.29) is 11.9 Å². The second kappa shape index (κ2) is 5.90. The molecule has 0 bridgehead atoms. The van der Waals surface area contributed by atoms with Crippen molar-refractivity contribution in [3.63, 3.8) is 0 Å². The van der Waals surface area contributed by atoms with Gasteiger partial charge in [-0.15, -0.1) is 0 Å². The molecule has 109 valence electrons. The van der Waals surface area contributed by atoms with Crippen LogP contribution >= 0.6 is 11.6 Å². The minimum atomic E-state index is -0.259. The van der Waals surface area contributed by atoms with Crippen LogP contribution in [0.25, 0.3) is 0 Å². The number of hydrogen-bond donors (Lipinski definition) is 0. The van der Waals surface area contributed by atoms with E-state index in [4.69, 9.17) is 16.3 Å². The van der Waals surface area contributed by atoms with E-state index in [1.54, 1.807) is 6.07 Å². The van der Waals surface area contributed by atoms with Gasteiger partial charge in [0.15, 0.2) is 0 Å². The molecule has 1 aliphatic heterocycles. The normalized spacial score (nSPS) is 26.6. The van der Waals surface area contributed by atoms with Crippen LogP contribution in [-0.4, -0.2) is 24.1 Å². The van der Waals surface area contributed by atoms with Gasteiger partial charge in [0.05, 0.1) is 11.1 Å². The first-order valence-corrected chi connectivity index (χ1v) is 7.69. The number of rotatable bonds is 4. The van der Waals surface area contributed by atoms with Gasteiger partial charge in [0.25, 0.3) is 0 Å². The van der Waals surface area contributed by atoms with Crippen molar-refractivity contribution in [1.82, 2.24) is 4.90 Å². The summed E-state index contributed by atoms with van der Waals surface area (Å²) in [6.45, 7) is 6.61. The summed E-state index contributed by atoms with van der Waals surface area (Å²) in [6.07, 6.45) is 4.42. The molecule has 2 fully saturated rings. The molecule has 1 saturated carbocycles. The summed E-state index contributed by atoms with van der Waals surface area (Å²) in [6, 6.07) is 3.21. The molecule has 1 radical (unpaired) electrons. The molecule has 2 nitrogen and oxygen atoms in total. The highest BCUT2D eigenvalue weighted by Crippen LogP contribution is 2.33. The Labute approximate surface area is 124 Å². The molecule has 2 aliphatic rings. The van der Waals surface area contributed by atoms with Gasteiger partial charge in [0.2, 0.25) is 0 Å². The van der Waals surface area contributed by atoms with Gasteiger partial charge in [-0.25, -0.2) is 4.39 Å². The number of halogens is 2. The lowest BCUT2D eigenvalue weighted by molar-refractivity contribution is 0.0848. The van der Waals surface area contributed by atoms with Crippen LogP contribution in [0.4, 0.5) is 4.39 Å². The Hall–Kier alpha value is -0.800. The molecule has 1 aromatic rings. The zero-order valence-corrected chi connectivity index (χ0v) is 12.3. The number of ether oxygens (including phenoxy) is 1. The van der Waals surface area contributed by atoms with Crippen LogP contribution in [0.2, 0.25) is 5.02 Å². The summed E-state index contributed by atoms with van der Waals surface area (Å²) in [5.41, 5.74) is 0.588. The van der Waals surface area contributed by atoms with Crippen molar-refractivity contribution in [2.75, 3.05) is 13.1 Å². The van der Waals surface area contributed by atoms with E-state index < -0.39 is 0 Å². The molecule has 0 atom stereocenters. The predicted molar refractivity (Wildman–Crippen MR) is 78.4 cm³/mol. The Bertz CT molecular complexity index is 458. The molecule has 0 N–H and O–H groups in total. The van der Waals surface area contributed by atoms with Gasteiger partial charge in [0.1, 0.15) is 11.6 Å². The van der Waals surface area contributed by atoms with Crippen molar-refractivity contribution >= 4 is 11.6 Å². The molecule has 0 unspecified atom stereocenters. The van der Waals surface area contributed by atoms with Crippen LogP contribution in [-0.2, 0) is 6.54 Å². The highest BCUT2D eigenvalue weighted by atomic mass is 35.5. The number of hydrogen-bond acceptors (Lipinski definition) is 2. The van der Waals surface area contributed by atoms with Gasteiger partial charge >= 0.3 is 0 Å². The maximum atomic E-state index is 14.2. The van der Waals surface area contributed by atoms with Crippen LogP contribution in [0.5, 0.6) is 5.75 Å². The number of benzene rings is 1. The van der Waals surface area contributed by atoms with E-state index in [2.05, 4.69) is 11.8 Å². The standard InChI is InChI=1S/C16H20ClFNO/c1-11-6-12(7-11)20-13-8-15(17)14(16(18)9-13)10-19-4-2-3-5-19/h8-9,11-12H,1-7,10H2/t11-,12-. The lowest BCUT2D eigenvalue weighted by Crippen LogP contribution is -2.32. The first kappa shape index (κ1) is 14.2. The molecule has 1 heterocycles. The Morgan fingerprint density at radius 1 is 1.30 bits per heavy atom. The summed E-state index contributed by atoms with van der Waals surface area (Å²) in [4.78, 5) is 2.24. The van der Waals surface area contributed by atoms with Crippen molar-refractivity contribution in [2.24, 2.45) is 5.92 Å². The van der Waals surface area contributed by atoms with Crippen LogP contribution in [0, 0.1) is 18.7 Å². The number of nitrogens with zero attached hydrogens (tertiary/aromatic N) is 1. The van der Waals surface area contributed by atoms with Crippen molar-refractivity contribution < 1.29 is 9.13 Å². The largest absolute Gasteiger partial charge is 0.490 e. The van der Waals surface area contributed by atoms with Crippen LogP contribution in [0.3, 0.4) is 0 Å². The van der Waals surface area contributed by atoms with Gasteiger partial charge < -0.3 is 4.74 Å². The third kappa shape index (κ3) is 3.09. The predicted octanol–water partition coefficient (Wildman–Crippen LogP) is 4.07. The molecular weight excluding hydrogens is 277 g/mol.